The molecule has 0 fully saturated rings. The predicted molar refractivity (Wildman–Crippen MR) is 68.8 cm³/mol. The molecular formula is C13H6ClF5N2O. The molecule has 0 saturated heterocycles. The van der Waals surface area contributed by atoms with Crippen molar-refractivity contribution in [1.82, 2.24) is 5.43 Å². The number of benzene rings is 2. The van der Waals surface area contributed by atoms with Gasteiger partial charge in [0.15, 0.2) is 23.3 Å². The molecule has 3 nitrogen and oxygen atoms in total. The highest BCUT2D eigenvalue weighted by Gasteiger charge is 2.26. The molecule has 2 N–H and O–H groups in total. The first-order valence-corrected chi connectivity index (χ1v) is 6.04. The highest BCUT2D eigenvalue weighted by atomic mass is 35.5. The summed E-state index contributed by atoms with van der Waals surface area (Å²) in [5, 5.41) is 0.0409. The minimum Gasteiger partial charge on any atom is -0.293 e. The summed E-state index contributed by atoms with van der Waals surface area (Å²) in [5.41, 5.74) is 2.03. The van der Waals surface area contributed by atoms with Gasteiger partial charge in [-0.15, -0.1) is 0 Å². The standard InChI is InChI=1S/C13H6ClF5N2O/c14-6-4-2-1-3-5(6)13(22)21-20-12-10(18)8(16)7(15)9(17)11(12)19/h1-4,20H,(H,21,22). The van der Waals surface area contributed by atoms with Crippen LogP contribution in [0.25, 0.3) is 0 Å². The summed E-state index contributed by atoms with van der Waals surface area (Å²) in [6, 6.07) is 5.70. The summed E-state index contributed by atoms with van der Waals surface area (Å²) in [6.45, 7) is 0. The number of anilines is 1. The van der Waals surface area contributed by atoms with Crippen molar-refractivity contribution in [2.45, 2.75) is 0 Å². The second-order valence-electron chi connectivity index (χ2n) is 4.00. The Labute approximate surface area is 125 Å². The van der Waals surface area contributed by atoms with Crippen LogP contribution in [0, 0.1) is 29.1 Å². The Morgan fingerprint density at radius 1 is 0.864 bits per heavy atom. The van der Waals surface area contributed by atoms with Crippen LogP contribution in [0.15, 0.2) is 24.3 Å². The van der Waals surface area contributed by atoms with Gasteiger partial charge in [-0.05, 0) is 12.1 Å². The van der Waals surface area contributed by atoms with Gasteiger partial charge in [0.05, 0.1) is 10.6 Å². The van der Waals surface area contributed by atoms with Crippen molar-refractivity contribution in [3.05, 3.63) is 63.9 Å². The summed E-state index contributed by atoms with van der Waals surface area (Å²) in [7, 11) is 0. The maximum Gasteiger partial charge on any atom is 0.271 e. The molecule has 2 aromatic rings. The lowest BCUT2D eigenvalue weighted by Crippen LogP contribution is -2.31. The third-order valence-electron chi connectivity index (χ3n) is 2.63. The van der Waals surface area contributed by atoms with E-state index < -0.39 is 40.7 Å². The molecule has 0 saturated carbocycles. The van der Waals surface area contributed by atoms with Gasteiger partial charge in [0.1, 0.15) is 5.69 Å². The number of rotatable bonds is 3. The number of hydrogen-bond donors (Lipinski definition) is 2. The van der Waals surface area contributed by atoms with E-state index in [4.69, 9.17) is 11.6 Å². The maximum atomic E-state index is 13.4. The molecule has 0 atom stereocenters. The lowest BCUT2D eigenvalue weighted by Gasteiger charge is -2.12. The Kier molecular flexibility index (Phi) is 4.51. The molecule has 2 aromatic carbocycles. The molecule has 0 radical (unpaired) electrons. The van der Waals surface area contributed by atoms with Crippen LogP contribution in [-0.2, 0) is 0 Å². The lowest BCUT2D eigenvalue weighted by molar-refractivity contribution is 0.0962. The van der Waals surface area contributed by atoms with Crippen molar-refractivity contribution in [2.75, 3.05) is 5.43 Å². The minimum atomic E-state index is -2.29. The fourth-order valence-corrected chi connectivity index (χ4v) is 1.77. The fourth-order valence-electron chi connectivity index (χ4n) is 1.55. The molecule has 9 heteroatoms. The van der Waals surface area contributed by atoms with E-state index in [2.05, 4.69) is 0 Å². The molecule has 0 aliphatic heterocycles. The van der Waals surface area contributed by atoms with E-state index >= 15 is 0 Å². The molecule has 0 bridgehead atoms. The summed E-state index contributed by atoms with van der Waals surface area (Å²) in [6.07, 6.45) is 0. The van der Waals surface area contributed by atoms with Gasteiger partial charge in [0.2, 0.25) is 5.82 Å². The second-order valence-corrected chi connectivity index (χ2v) is 4.41. The molecule has 0 aromatic heterocycles. The first kappa shape index (κ1) is 16.0. The van der Waals surface area contributed by atoms with Crippen LogP contribution in [0.3, 0.4) is 0 Å². The highest BCUT2D eigenvalue weighted by Crippen LogP contribution is 2.26. The van der Waals surface area contributed by atoms with Crippen molar-refractivity contribution in [1.29, 1.82) is 0 Å². The fraction of sp³-hybridized carbons (Fsp3) is 0. The topological polar surface area (TPSA) is 41.1 Å². The molecule has 0 heterocycles. The average Bonchev–Trinajstić information content (AvgIpc) is 2.51. The van der Waals surface area contributed by atoms with Crippen molar-refractivity contribution in [3.63, 3.8) is 0 Å². The van der Waals surface area contributed by atoms with Gasteiger partial charge in [0, 0.05) is 0 Å². The summed E-state index contributed by atoms with van der Waals surface area (Å²) < 4.78 is 65.6. The number of hydrazine groups is 1. The third kappa shape index (κ3) is 2.82. The van der Waals surface area contributed by atoms with Gasteiger partial charge in [-0.1, -0.05) is 23.7 Å². The second kappa shape index (κ2) is 6.18. The molecule has 1 amide bonds. The van der Waals surface area contributed by atoms with Crippen molar-refractivity contribution in [2.24, 2.45) is 0 Å². The number of carbonyl (C=O) groups excluding carboxylic acids is 1. The molecular weight excluding hydrogens is 331 g/mol. The first-order chi connectivity index (χ1) is 10.3. The van der Waals surface area contributed by atoms with Gasteiger partial charge in [-0.2, -0.15) is 0 Å². The maximum absolute atomic E-state index is 13.4. The zero-order chi connectivity index (χ0) is 16.4. The van der Waals surface area contributed by atoms with Crippen LogP contribution in [0.2, 0.25) is 5.02 Å². The highest BCUT2D eigenvalue weighted by molar-refractivity contribution is 6.33. The zero-order valence-corrected chi connectivity index (χ0v) is 11.2. The van der Waals surface area contributed by atoms with Crippen LogP contribution < -0.4 is 10.9 Å². The van der Waals surface area contributed by atoms with E-state index in [1.54, 1.807) is 10.9 Å². The van der Waals surface area contributed by atoms with E-state index in [1.807, 2.05) is 0 Å². The Bertz CT molecular complexity index is 724. The Balaban J connectivity index is 2.26. The van der Waals surface area contributed by atoms with Gasteiger partial charge in [0.25, 0.3) is 5.91 Å². The smallest absolute Gasteiger partial charge is 0.271 e. The van der Waals surface area contributed by atoms with Gasteiger partial charge < -0.3 is 0 Å². The zero-order valence-electron chi connectivity index (χ0n) is 10.5. The monoisotopic (exact) mass is 336 g/mol. The molecule has 0 spiro atoms. The van der Waals surface area contributed by atoms with Crippen molar-refractivity contribution in [3.8, 4) is 0 Å². The summed E-state index contributed by atoms with van der Waals surface area (Å²) in [5.74, 6) is -11.7. The molecule has 116 valence electrons. The average molecular weight is 337 g/mol. The van der Waals surface area contributed by atoms with Crippen molar-refractivity contribution >= 4 is 23.2 Å². The summed E-state index contributed by atoms with van der Waals surface area (Å²) >= 11 is 5.73. The first-order valence-electron chi connectivity index (χ1n) is 5.67. The van der Waals surface area contributed by atoms with E-state index in [-0.39, 0.29) is 10.6 Å². The van der Waals surface area contributed by atoms with E-state index in [0.717, 1.165) is 0 Å². The van der Waals surface area contributed by atoms with E-state index in [9.17, 15) is 26.7 Å². The van der Waals surface area contributed by atoms with Crippen LogP contribution in [0.4, 0.5) is 27.6 Å². The van der Waals surface area contributed by atoms with Crippen molar-refractivity contribution < 1.29 is 26.7 Å². The largest absolute Gasteiger partial charge is 0.293 e. The number of nitrogens with one attached hydrogen (secondary N) is 2. The van der Waals surface area contributed by atoms with Crippen LogP contribution in [0.1, 0.15) is 10.4 Å². The molecule has 0 aliphatic rings. The summed E-state index contributed by atoms with van der Waals surface area (Å²) in [4.78, 5) is 11.7. The molecule has 0 aliphatic carbocycles. The minimum absolute atomic E-state index is 0.0409. The van der Waals surface area contributed by atoms with Gasteiger partial charge in [-0.25, -0.2) is 22.0 Å². The Morgan fingerprint density at radius 3 is 1.91 bits per heavy atom. The third-order valence-corrected chi connectivity index (χ3v) is 2.96. The molecule has 2 rings (SSSR count). The molecule has 22 heavy (non-hydrogen) atoms. The quantitative estimate of drug-likeness (QED) is 0.387. The normalized spacial score (nSPS) is 10.5. The Morgan fingerprint density at radius 2 is 1.36 bits per heavy atom. The predicted octanol–water partition coefficient (Wildman–Crippen LogP) is 3.79. The number of amides is 1. The number of hydrogen-bond acceptors (Lipinski definition) is 2. The number of halogens is 6. The van der Waals surface area contributed by atoms with E-state index in [0.29, 0.717) is 0 Å². The van der Waals surface area contributed by atoms with Gasteiger partial charge in [-0.3, -0.25) is 15.6 Å². The van der Waals surface area contributed by atoms with Crippen LogP contribution in [-0.4, -0.2) is 5.91 Å². The van der Waals surface area contributed by atoms with Crippen LogP contribution >= 0.6 is 11.6 Å². The van der Waals surface area contributed by atoms with Crippen LogP contribution in [0.5, 0.6) is 0 Å². The lowest BCUT2D eigenvalue weighted by atomic mass is 10.2. The molecule has 0 unspecified atom stereocenters. The number of carbonyl (C=O) groups is 1. The van der Waals surface area contributed by atoms with E-state index in [1.165, 1.54) is 24.3 Å². The Hall–Kier alpha value is -2.35. The van der Waals surface area contributed by atoms with Gasteiger partial charge >= 0.3 is 0 Å². The SMILES string of the molecule is O=C(NNc1c(F)c(F)c(F)c(F)c1F)c1ccccc1Cl.